The molecule has 88 valence electrons. The second-order valence-electron chi connectivity index (χ2n) is 3.30. The van der Waals surface area contributed by atoms with Crippen molar-refractivity contribution in [2.75, 3.05) is 12.8 Å². The van der Waals surface area contributed by atoms with Crippen LogP contribution in [0.2, 0.25) is 0 Å². The van der Waals surface area contributed by atoms with E-state index in [2.05, 4.69) is 4.72 Å². The van der Waals surface area contributed by atoms with Crippen LogP contribution in [0.25, 0.3) is 0 Å². The Hall–Kier alpha value is -1.47. The highest BCUT2D eigenvalue weighted by atomic mass is 32.2. The van der Waals surface area contributed by atoms with Gasteiger partial charge in [0.25, 0.3) is 5.69 Å². The molecule has 16 heavy (non-hydrogen) atoms. The summed E-state index contributed by atoms with van der Waals surface area (Å²) in [6.45, 7) is 0.156. The second-order valence-corrected chi connectivity index (χ2v) is 5.14. The lowest BCUT2D eigenvalue weighted by atomic mass is 10.1. The number of hydrogen-bond acceptors (Lipinski definition) is 4. The Bertz CT molecular complexity index is 484. The Morgan fingerprint density at radius 2 is 2.00 bits per heavy atom. The van der Waals surface area contributed by atoms with Crippen molar-refractivity contribution in [1.29, 1.82) is 0 Å². The molecular weight excluding hydrogens is 232 g/mol. The van der Waals surface area contributed by atoms with Gasteiger partial charge in [-0.25, -0.2) is 13.1 Å². The van der Waals surface area contributed by atoms with Crippen LogP contribution in [0.3, 0.4) is 0 Å². The number of hydrogen-bond donors (Lipinski definition) is 1. The van der Waals surface area contributed by atoms with E-state index in [9.17, 15) is 18.5 Å². The molecule has 6 nitrogen and oxygen atoms in total. The fourth-order valence-electron chi connectivity index (χ4n) is 1.27. The van der Waals surface area contributed by atoms with E-state index in [0.717, 1.165) is 6.26 Å². The first-order valence-electron chi connectivity index (χ1n) is 4.57. The lowest BCUT2D eigenvalue weighted by molar-refractivity contribution is -0.385. The molecule has 0 aliphatic carbocycles. The van der Waals surface area contributed by atoms with Gasteiger partial charge in [0.15, 0.2) is 0 Å². The Morgan fingerprint density at radius 1 is 1.38 bits per heavy atom. The summed E-state index contributed by atoms with van der Waals surface area (Å²) in [4.78, 5) is 10.2. The predicted molar refractivity (Wildman–Crippen MR) is 59.6 cm³/mol. The van der Waals surface area contributed by atoms with Gasteiger partial charge in [-0.15, -0.1) is 0 Å². The molecule has 0 spiro atoms. The predicted octanol–water partition coefficient (Wildman–Crippen LogP) is 0.686. The summed E-state index contributed by atoms with van der Waals surface area (Å²) >= 11 is 0. The standard InChI is InChI=1S/C9H12N2O4S/c1-16(14,15)10-7-6-8-4-2-3-5-9(8)11(12)13/h2-5,10H,6-7H2,1H3. The normalized spacial score (nSPS) is 11.3. The zero-order chi connectivity index (χ0) is 12.2. The van der Waals surface area contributed by atoms with Crippen LogP contribution in [0.15, 0.2) is 24.3 Å². The first-order valence-corrected chi connectivity index (χ1v) is 6.46. The average molecular weight is 244 g/mol. The molecule has 1 aromatic rings. The first-order chi connectivity index (χ1) is 7.40. The molecule has 0 bridgehead atoms. The maximum absolute atomic E-state index is 10.8. The van der Waals surface area contributed by atoms with Crippen molar-refractivity contribution in [3.05, 3.63) is 39.9 Å². The molecule has 0 aliphatic heterocycles. The largest absolute Gasteiger partial charge is 0.272 e. The molecule has 0 fully saturated rings. The minimum Gasteiger partial charge on any atom is -0.258 e. The van der Waals surface area contributed by atoms with Crippen LogP contribution < -0.4 is 4.72 Å². The van der Waals surface area contributed by atoms with Crippen molar-refractivity contribution in [3.63, 3.8) is 0 Å². The van der Waals surface area contributed by atoms with Crippen LogP contribution >= 0.6 is 0 Å². The van der Waals surface area contributed by atoms with Gasteiger partial charge in [0.1, 0.15) is 0 Å². The highest BCUT2D eigenvalue weighted by Crippen LogP contribution is 2.17. The first kappa shape index (κ1) is 12.6. The molecule has 7 heteroatoms. The highest BCUT2D eigenvalue weighted by molar-refractivity contribution is 7.88. The third-order valence-electron chi connectivity index (χ3n) is 1.95. The molecule has 0 saturated carbocycles. The molecule has 0 amide bonds. The van der Waals surface area contributed by atoms with E-state index in [-0.39, 0.29) is 12.2 Å². The maximum Gasteiger partial charge on any atom is 0.272 e. The number of sulfonamides is 1. The molecule has 1 rings (SSSR count). The van der Waals surface area contributed by atoms with E-state index in [1.165, 1.54) is 6.07 Å². The molecule has 1 aromatic carbocycles. The Morgan fingerprint density at radius 3 is 2.56 bits per heavy atom. The van der Waals surface area contributed by atoms with Crippen LogP contribution in [0, 0.1) is 10.1 Å². The molecule has 0 radical (unpaired) electrons. The van der Waals surface area contributed by atoms with Gasteiger partial charge < -0.3 is 0 Å². The summed E-state index contributed by atoms with van der Waals surface area (Å²) in [6.07, 6.45) is 1.34. The van der Waals surface area contributed by atoms with Gasteiger partial charge in [-0.2, -0.15) is 0 Å². The van der Waals surface area contributed by atoms with Crippen molar-refractivity contribution < 1.29 is 13.3 Å². The number of benzene rings is 1. The Balaban J connectivity index is 2.71. The Kier molecular flexibility index (Phi) is 3.97. The smallest absolute Gasteiger partial charge is 0.258 e. The zero-order valence-electron chi connectivity index (χ0n) is 8.71. The minimum absolute atomic E-state index is 0.0119. The molecule has 0 heterocycles. The fourth-order valence-corrected chi connectivity index (χ4v) is 1.74. The van der Waals surface area contributed by atoms with Crippen LogP contribution in [-0.4, -0.2) is 26.1 Å². The Labute approximate surface area is 93.5 Å². The maximum atomic E-state index is 10.8. The second kappa shape index (κ2) is 5.04. The molecule has 0 saturated heterocycles. The number of para-hydroxylation sites is 1. The quantitative estimate of drug-likeness (QED) is 0.609. The number of nitrogens with one attached hydrogen (secondary N) is 1. The van der Waals surface area contributed by atoms with Crippen molar-refractivity contribution >= 4 is 15.7 Å². The van der Waals surface area contributed by atoms with E-state index in [4.69, 9.17) is 0 Å². The van der Waals surface area contributed by atoms with Gasteiger partial charge >= 0.3 is 0 Å². The summed E-state index contributed by atoms with van der Waals surface area (Å²) in [5.41, 5.74) is 0.529. The number of nitro benzene ring substituents is 1. The van der Waals surface area contributed by atoms with Crippen molar-refractivity contribution in [1.82, 2.24) is 4.72 Å². The lowest BCUT2D eigenvalue weighted by Gasteiger charge is -2.03. The van der Waals surface area contributed by atoms with Gasteiger partial charge in [-0.1, -0.05) is 18.2 Å². The number of nitrogens with zero attached hydrogens (tertiary/aromatic N) is 1. The van der Waals surface area contributed by atoms with Crippen molar-refractivity contribution in [3.8, 4) is 0 Å². The molecule has 0 aliphatic rings. The lowest BCUT2D eigenvalue weighted by Crippen LogP contribution is -2.24. The van der Waals surface area contributed by atoms with Gasteiger partial charge in [0.05, 0.1) is 11.2 Å². The van der Waals surface area contributed by atoms with Crippen LogP contribution in [0.4, 0.5) is 5.69 Å². The third kappa shape index (κ3) is 3.95. The van der Waals surface area contributed by atoms with Crippen LogP contribution in [-0.2, 0) is 16.4 Å². The van der Waals surface area contributed by atoms with E-state index >= 15 is 0 Å². The molecule has 0 aromatic heterocycles. The average Bonchev–Trinajstić information content (AvgIpc) is 2.16. The summed E-state index contributed by atoms with van der Waals surface area (Å²) in [6, 6.07) is 6.27. The molecule has 1 N–H and O–H groups in total. The monoisotopic (exact) mass is 244 g/mol. The SMILES string of the molecule is CS(=O)(=O)NCCc1ccccc1[N+](=O)[O-]. The summed E-state index contributed by atoms with van der Waals surface area (Å²) in [5, 5.41) is 10.6. The number of rotatable bonds is 5. The molecule has 0 unspecified atom stereocenters. The van der Waals surface area contributed by atoms with E-state index in [0.29, 0.717) is 12.0 Å². The fraction of sp³-hybridized carbons (Fsp3) is 0.333. The van der Waals surface area contributed by atoms with Gasteiger partial charge in [0, 0.05) is 18.2 Å². The summed E-state index contributed by atoms with van der Waals surface area (Å²) in [5.74, 6) is 0. The molecule has 0 atom stereocenters. The summed E-state index contributed by atoms with van der Waals surface area (Å²) < 4.78 is 23.9. The van der Waals surface area contributed by atoms with E-state index in [1.54, 1.807) is 18.2 Å². The molecular formula is C9H12N2O4S. The van der Waals surface area contributed by atoms with Crippen molar-refractivity contribution in [2.45, 2.75) is 6.42 Å². The van der Waals surface area contributed by atoms with E-state index in [1.807, 2.05) is 0 Å². The summed E-state index contributed by atoms with van der Waals surface area (Å²) in [7, 11) is -3.25. The number of nitro groups is 1. The minimum atomic E-state index is -3.25. The van der Waals surface area contributed by atoms with E-state index < -0.39 is 14.9 Å². The van der Waals surface area contributed by atoms with Crippen molar-refractivity contribution in [2.24, 2.45) is 0 Å². The van der Waals surface area contributed by atoms with Crippen LogP contribution in [0.5, 0.6) is 0 Å². The van der Waals surface area contributed by atoms with Gasteiger partial charge in [-0.05, 0) is 6.42 Å². The van der Waals surface area contributed by atoms with Gasteiger partial charge in [-0.3, -0.25) is 10.1 Å². The van der Waals surface area contributed by atoms with Gasteiger partial charge in [0.2, 0.25) is 10.0 Å². The third-order valence-corrected chi connectivity index (χ3v) is 2.68. The zero-order valence-corrected chi connectivity index (χ0v) is 9.53. The highest BCUT2D eigenvalue weighted by Gasteiger charge is 2.12. The topological polar surface area (TPSA) is 89.3 Å². The van der Waals surface area contributed by atoms with Crippen LogP contribution in [0.1, 0.15) is 5.56 Å².